The van der Waals surface area contributed by atoms with Crippen LogP contribution in [0, 0.1) is 11.3 Å². The molecule has 1 amide bonds. The summed E-state index contributed by atoms with van der Waals surface area (Å²) in [5, 5.41) is 9.28. The number of hydrogen-bond acceptors (Lipinski definition) is 6. The van der Waals surface area contributed by atoms with Gasteiger partial charge in [-0.2, -0.15) is 5.26 Å². The third kappa shape index (κ3) is 3.06. The zero-order valence-electron chi connectivity index (χ0n) is 18.5. The van der Waals surface area contributed by atoms with Crippen molar-refractivity contribution in [3.05, 3.63) is 53.6 Å². The van der Waals surface area contributed by atoms with Crippen LogP contribution in [0.4, 0.5) is 0 Å². The van der Waals surface area contributed by atoms with E-state index in [4.69, 9.17) is 20.2 Å². The maximum Gasteiger partial charge on any atom is 0.261 e. The number of ether oxygens (including phenoxy) is 2. The molecule has 2 aromatic rings. The van der Waals surface area contributed by atoms with Crippen LogP contribution in [0.2, 0.25) is 0 Å². The molecule has 164 valence electrons. The minimum absolute atomic E-state index is 0.147. The Morgan fingerprint density at radius 3 is 2.62 bits per heavy atom. The average Bonchev–Trinajstić information content (AvgIpc) is 2.96. The SMILES string of the molecule is CN1C(=O)C2(CC3(CCOC(C)(C)C3)Oc3ccc(-c4cccc(C#N)c4)cc32)N=C1N. The molecule has 0 bridgehead atoms. The lowest BCUT2D eigenvalue weighted by Gasteiger charge is -2.50. The van der Waals surface area contributed by atoms with Gasteiger partial charge in [-0.15, -0.1) is 0 Å². The van der Waals surface area contributed by atoms with Crippen LogP contribution in [0.15, 0.2) is 47.5 Å². The Morgan fingerprint density at radius 2 is 1.94 bits per heavy atom. The van der Waals surface area contributed by atoms with Crippen LogP contribution < -0.4 is 10.5 Å². The second-order valence-corrected chi connectivity index (χ2v) is 9.59. The summed E-state index contributed by atoms with van der Waals surface area (Å²) in [5.41, 5.74) is 7.15. The molecule has 7 nitrogen and oxygen atoms in total. The van der Waals surface area contributed by atoms with Crippen LogP contribution in [0.3, 0.4) is 0 Å². The Morgan fingerprint density at radius 1 is 1.16 bits per heavy atom. The van der Waals surface area contributed by atoms with Crippen LogP contribution in [-0.2, 0) is 15.1 Å². The van der Waals surface area contributed by atoms with Crippen molar-refractivity contribution in [2.45, 2.75) is 49.9 Å². The van der Waals surface area contributed by atoms with Crippen LogP contribution in [0.5, 0.6) is 5.75 Å². The van der Waals surface area contributed by atoms with Crippen LogP contribution in [-0.4, -0.2) is 41.6 Å². The molecule has 32 heavy (non-hydrogen) atoms. The second-order valence-electron chi connectivity index (χ2n) is 9.59. The second kappa shape index (κ2) is 6.81. The van der Waals surface area contributed by atoms with Gasteiger partial charge in [-0.05, 0) is 49.2 Å². The Hall–Kier alpha value is -3.37. The fourth-order valence-corrected chi connectivity index (χ4v) is 5.38. The number of benzene rings is 2. The number of nitrogens with zero attached hydrogens (tertiary/aromatic N) is 3. The highest BCUT2D eigenvalue weighted by Crippen LogP contribution is 2.54. The minimum Gasteiger partial charge on any atom is -0.487 e. The number of fused-ring (bicyclic) bond motifs is 2. The number of hydrogen-bond donors (Lipinski definition) is 1. The molecule has 3 heterocycles. The molecular formula is C25H26N4O3. The molecule has 2 atom stereocenters. The normalized spacial score (nSPS) is 28.2. The van der Waals surface area contributed by atoms with Crippen LogP contribution in [0.25, 0.3) is 11.1 Å². The molecule has 0 aromatic heterocycles. The van der Waals surface area contributed by atoms with Gasteiger partial charge in [-0.1, -0.05) is 18.2 Å². The molecule has 0 saturated carbocycles. The number of rotatable bonds is 1. The van der Waals surface area contributed by atoms with Gasteiger partial charge in [0.1, 0.15) is 11.4 Å². The van der Waals surface area contributed by atoms with E-state index in [0.29, 0.717) is 42.7 Å². The molecule has 1 fully saturated rings. The first-order valence-electron chi connectivity index (χ1n) is 10.8. The highest BCUT2D eigenvalue weighted by molar-refractivity contribution is 6.07. The minimum atomic E-state index is -1.14. The Kier molecular flexibility index (Phi) is 4.37. The van der Waals surface area contributed by atoms with Gasteiger partial charge in [0.05, 0.1) is 23.8 Å². The Labute approximate surface area is 187 Å². The van der Waals surface area contributed by atoms with E-state index in [1.807, 2.05) is 50.2 Å². The van der Waals surface area contributed by atoms with Crippen molar-refractivity contribution < 1.29 is 14.3 Å². The van der Waals surface area contributed by atoms with E-state index in [1.165, 1.54) is 4.90 Å². The summed E-state index contributed by atoms with van der Waals surface area (Å²) in [6, 6.07) is 15.4. The number of amides is 1. The molecule has 0 radical (unpaired) electrons. The fraction of sp³-hybridized carbons (Fsp3) is 0.400. The molecule has 3 aliphatic heterocycles. The van der Waals surface area contributed by atoms with E-state index in [0.717, 1.165) is 11.1 Å². The Bertz CT molecular complexity index is 1200. The lowest BCUT2D eigenvalue weighted by molar-refractivity contribution is -0.156. The molecule has 1 saturated heterocycles. The number of carbonyl (C=O) groups excluding carboxylic acids is 1. The first kappa shape index (κ1) is 20.5. The standard InChI is InChI=1S/C25H26N4O3/c1-23(2)14-24(9-10-31-23)15-25(21(30)29(3)22(27)28-25)19-12-18(7-8-20(19)32-24)17-6-4-5-16(11-17)13-26/h4-8,11-12H,9-10,14-15H2,1-3H3,(H2,27,28). The molecule has 0 aliphatic carbocycles. The summed E-state index contributed by atoms with van der Waals surface area (Å²) < 4.78 is 12.6. The van der Waals surface area contributed by atoms with Gasteiger partial charge in [0.25, 0.3) is 5.91 Å². The van der Waals surface area contributed by atoms with Crippen molar-refractivity contribution in [3.63, 3.8) is 0 Å². The summed E-state index contributed by atoms with van der Waals surface area (Å²) in [6.45, 7) is 4.65. The lowest BCUT2D eigenvalue weighted by atomic mass is 9.70. The molecule has 2 unspecified atom stereocenters. The van der Waals surface area contributed by atoms with Gasteiger partial charge >= 0.3 is 0 Å². The first-order valence-corrected chi connectivity index (χ1v) is 10.8. The number of aliphatic imine (C=N–C) groups is 1. The number of nitrogens with two attached hydrogens (primary N) is 1. The quantitative estimate of drug-likeness (QED) is 0.748. The lowest BCUT2D eigenvalue weighted by Crippen LogP contribution is -2.57. The third-order valence-electron chi connectivity index (χ3n) is 6.76. The number of likely N-dealkylation sites (N-methyl/N-ethyl adjacent to an activating group) is 1. The van der Waals surface area contributed by atoms with Gasteiger partial charge in [0.15, 0.2) is 11.5 Å². The van der Waals surface area contributed by atoms with Gasteiger partial charge in [-0.3, -0.25) is 9.69 Å². The average molecular weight is 431 g/mol. The molecular weight excluding hydrogens is 404 g/mol. The van der Waals surface area contributed by atoms with Crippen LogP contribution in [0.1, 0.15) is 44.2 Å². The van der Waals surface area contributed by atoms with E-state index in [2.05, 4.69) is 6.07 Å². The highest BCUT2D eigenvalue weighted by Gasteiger charge is 2.59. The fourth-order valence-electron chi connectivity index (χ4n) is 5.38. The Balaban J connectivity index is 1.68. The van der Waals surface area contributed by atoms with E-state index in [9.17, 15) is 10.1 Å². The summed E-state index contributed by atoms with van der Waals surface area (Å²) in [5.74, 6) is 0.710. The summed E-state index contributed by atoms with van der Waals surface area (Å²) in [4.78, 5) is 19.8. The largest absolute Gasteiger partial charge is 0.487 e. The maximum absolute atomic E-state index is 13.6. The number of carbonyl (C=O) groups is 1. The smallest absolute Gasteiger partial charge is 0.261 e. The molecule has 5 rings (SSSR count). The predicted octanol–water partition coefficient (Wildman–Crippen LogP) is 3.32. The van der Waals surface area contributed by atoms with E-state index < -0.39 is 11.1 Å². The van der Waals surface area contributed by atoms with Crippen molar-refractivity contribution in [3.8, 4) is 22.9 Å². The predicted molar refractivity (Wildman–Crippen MR) is 120 cm³/mol. The molecule has 2 N–H and O–H groups in total. The molecule has 2 aromatic carbocycles. The zero-order valence-corrected chi connectivity index (χ0v) is 18.5. The van der Waals surface area contributed by atoms with E-state index in [1.54, 1.807) is 13.1 Å². The highest BCUT2D eigenvalue weighted by atomic mass is 16.5. The maximum atomic E-state index is 13.6. The van der Waals surface area contributed by atoms with Crippen molar-refractivity contribution in [2.75, 3.05) is 13.7 Å². The zero-order chi connectivity index (χ0) is 22.7. The van der Waals surface area contributed by atoms with Crippen LogP contribution >= 0.6 is 0 Å². The van der Waals surface area contributed by atoms with Gasteiger partial charge < -0.3 is 15.2 Å². The van der Waals surface area contributed by atoms with Gasteiger partial charge in [0, 0.05) is 31.9 Å². The molecule has 7 heteroatoms. The van der Waals surface area contributed by atoms with Crippen molar-refractivity contribution >= 4 is 11.9 Å². The van der Waals surface area contributed by atoms with Gasteiger partial charge in [0.2, 0.25) is 0 Å². The van der Waals surface area contributed by atoms with E-state index in [-0.39, 0.29) is 17.5 Å². The van der Waals surface area contributed by atoms with Crippen molar-refractivity contribution in [1.29, 1.82) is 5.26 Å². The summed E-state index contributed by atoms with van der Waals surface area (Å²) in [7, 11) is 1.66. The third-order valence-corrected chi connectivity index (χ3v) is 6.76. The topological polar surface area (TPSA) is 101 Å². The monoisotopic (exact) mass is 430 g/mol. The van der Waals surface area contributed by atoms with E-state index >= 15 is 0 Å². The number of nitriles is 1. The molecule has 3 aliphatic rings. The van der Waals surface area contributed by atoms with Crippen molar-refractivity contribution in [1.82, 2.24) is 4.90 Å². The summed E-state index contributed by atoms with van der Waals surface area (Å²) >= 11 is 0. The number of guanidine groups is 1. The first-order chi connectivity index (χ1) is 15.2. The summed E-state index contributed by atoms with van der Waals surface area (Å²) in [6.07, 6.45) is 1.74. The van der Waals surface area contributed by atoms with Gasteiger partial charge in [-0.25, -0.2) is 4.99 Å². The molecule has 2 spiro atoms. The van der Waals surface area contributed by atoms with Crippen molar-refractivity contribution in [2.24, 2.45) is 10.7 Å².